The van der Waals surface area contributed by atoms with E-state index in [0.29, 0.717) is 21.3 Å². The fourth-order valence-electron chi connectivity index (χ4n) is 2.22. The summed E-state index contributed by atoms with van der Waals surface area (Å²) in [4.78, 5) is 25.4. The van der Waals surface area contributed by atoms with Gasteiger partial charge in [0.25, 0.3) is 5.91 Å². The molecule has 0 atom stereocenters. The summed E-state index contributed by atoms with van der Waals surface area (Å²) in [6, 6.07) is 16.8. The molecule has 0 aliphatic carbocycles. The molecular weight excluding hydrogens is 326 g/mol. The van der Waals surface area contributed by atoms with Gasteiger partial charge in [0, 0.05) is 5.56 Å². The Labute approximate surface area is 144 Å². The van der Waals surface area contributed by atoms with E-state index in [4.69, 9.17) is 12.2 Å². The van der Waals surface area contributed by atoms with Crippen LogP contribution in [0.2, 0.25) is 0 Å². The van der Waals surface area contributed by atoms with Crippen molar-refractivity contribution in [1.29, 1.82) is 0 Å². The standard InChI is InChI=1S/C18H13NO2S2/c20-12-15-8-6-13(7-9-15)10-16-17(21)19(18(22)23-16)11-14-4-2-1-3-5-14/h1-10,12H,11H2. The van der Waals surface area contributed by atoms with E-state index < -0.39 is 0 Å². The first-order valence-corrected chi connectivity index (χ1v) is 8.24. The number of benzene rings is 2. The highest BCUT2D eigenvalue weighted by molar-refractivity contribution is 8.26. The lowest BCUT2D eigenvalue weighted by molar-refractivity contribution is -0.122. The van der Waals surface area contributed by atoms with Gasteiger partial charge in [0.1, 0.15) is 10.6 Å². The van der Waals surface area contributed by atoms with Crippen LogP contribution in [0, 0.1) is 0 Å². The Morgan fingerprint density at radius 1 is 1.00 bits per heavy atom. The molecule has 0 unspecified atom stereocenters. The minimum Gasteiger partial charge on any atom is -0.298 e. The van der Waals surface area contributed by atoms with E-state index in [1.54, 1.807) is 23.1 Å². The molecule has 0 saturated carbocycles. The van der Waals surface area contributed by atoms with Gasteiger partial charge < -0.3 is 0 Å². The summed E-state index contributed by atoms with van der Waals surface area (Å²) < 4.78 is 0.564. The van der Waals surface area contributed by atoms with Gasteiger partial charge in [-0.05, 0) is 17.2 Å². The van der Waals surface area contributed by atoms with Gasteiger partial charge in [-0.15, -0.1) is 0 Å². The summed E-state index contributed by atoms with van der Waals surface area (Å²) in [6.45, 7) is 0.479. The summed E-state index contributed by atoms with van der Waals surface area (Å²) >= 11 is 6.64. The van der Waals surface area contributed by atoms with Crippen molar-refractivity contribution < 1.29 is 9.59 Å². The molecular formula is C18H13NO2S2. The van der Waals surface area contributed by atoms with Crippen molar-refractivity contribution in [1.82, 2.24) is 4.90 Å². The van der Waals surface area contributed by atoms with Gasteiger partial charge in [-0.1, -0.05) is 78.6 Å². The number of rotatable bonds is 4. The van der Waals surface area contributed by atoms with Crippen molar-refractivity contribution in [3.8, 4) is 0 Å². The quantitative estimate of drug-likeness (QED) is 0.481. The van der Waals surface area contributed by atoms with Crippen LogP contribution in [0.25, 0.3) is 6.08 Å². The number of carbonyl (C=O) groups excluding carboxylic acids is 2. The highest BCUT2D eigenvalue weighted by atomic mass is 32.2. The maximum Gasteiger partial charge on any atom is 0.266 e. The third-order valence-electron chi connectivity index (χ3n) is 3.43. The van der Waals surface area contributed by atoms with E-state index in [2.05, 4.69) is 0 Å². The Bertz CT molecular complexity index is 782. The fraction of sp³-hybridized carbons (Fsp3) is 0.0556. The van der Waals surface area contributed by atoms with Crippen LogP contribution in [0.15, 0.2) is 59.5 Å². The van der Waals surface area contributed by atoms with Crippen LogP contribution in [-0.2, 0) is 11.3 Å². The van der Waals surface area contributed by atoms with Crippen molar-refractivity contribution in [3.63, 3.8) is 0 Å². The Balaban J connectivity index is 1.79. The molecule has 3 rings (SSSR count). The third kappa shape index (κ3) is 3.57. The molecule has 1 aliphatic rings. The molecule has 0 N–H and O–H groups in total. The first kappa shape index (κ1) is 15.6. The lowest BCUT2D eigenvalue weighted by Crippen LogP contribution is -2.27. The molecule has 0 bridgehead atoms. The predicted molar refractivity (Wildman–Crippen MR) is 97.0 cm³/mol. The zero-order valence-electron chi connectivity index (χ0n) is 12.1. The van der Waals surface area contributed by atoms with E-state index >= 15 is 0 Å². The SMILES string of the molecule is O=Cc1ccc(C=C2SC(=S)N(Cc3ccccc3)C2=O)cc1. The second-order valence-corrected chi connectivity index (χ2v) is 6.71. The van der Waals surface area contributed by atoms with Gasteiger partial charge in [0.05, 0.1) is 11.4 Å². The van der Waals surface area contributed by atoms with Crippen molar-refractivity contribution in [2.24, 2.45) is 0 Å². The second kappa shape index (κ2) is 6.89. The molecule has 3 nitrogen and oxygen atoms in total. The van der Waals surface area contributed by atoms with Gasteiger partial charge in [-0.25, -0.2) is 0 Å². The lowest BCUT2D eigenvalue weighted by atomic mass is 10.1. The van der Waals surface area contributed by atoms with Crippen molar-refractivity contribution >= 4 is 46.6 Å². The van der Waals surface area contributed by atoms with Gasteiger partial charge in [-0.3, -0.25) is 14.5 Å². The summed E-state index contributed by atoms with van der Waals surface area (Å²) in [6.07, 6.45) is 2.60. The molecule has 0 spiro atoms. The highest BCUT2D eigenvalue weighted by Crippen LogP contribution is 2.33. The average Bonchev–Trinajstić information content (AvgIpc) is 2.84. The van der Waals surface area contributed by atoms with Crippen molar-refractivity contribution in [2.75, 3.05) is 0 Å². The number of amides is 1. The van der Waals surface area contributed by atoms with Crippen LogP contribution in [0.5, 0.6) is 0 Å². The Morgan fingerprint density at radius 3 is 2.30 bits per heavy atom. The lowest BCUT2D eigenvalue weighted by Gasteiger charge is -2.14. The van der Waals surface area contributed by atoms with Gasteiger partial charge in [0.15, 0.2) is 0 Å². The first-order chi connectivity index (χ1) is 11.2. The van der Waals surface area contributed by atoms with Crippen LogP contribution >= 0.6 is 24.0 Å². The maximum atomic E-state index is 12.5. The zero-order valence-corrected chi connectivity index (χ0v) is 13.8. The van der Waals surface area contributed by atoms with Crippen LogP contribution in [0.1, 0.15) is 21.5 Å². The first-order valence-electron chi connectivity index (χ1n) is 7.02. The molecule has 1 heterocycles. The van der Waals surface area contributed by atoms with E-state index in [1.165, 1.54) is 11.8 Å². The van der Waals surface area contributed by atoms with Crippen molar-refractivity contribution in [2.45, 2.75) is 6.54 Å². The number of nitrogens with zero attached hydrogens (tertiary/aromatic N) is 1. The number of aldehydes is 1. The minimum absolute atomic E-state index is 0.0803. The van der Waals surface area contributed by atoms with E-state index in [0.717, 1.165) is 17.4 Å². The van der Waals surface area contributed by atoms with Gasteiger partial charge in [0.2, 0.25) is 0 Å². The monoisotopic (exact) mass is 339 g/mol. The molecule has 1 amide bonds. The normalized spacial score (nSPS) is 16.2. The number of thioether (sulfide) groups is 1. The highest BCUT2D eigenvalue weighted by Gasteiger charge is 2.31. The number of hydrogen-bond acceptors (Lipinski definition) is 4. The van der Waals surface area contributed by atoms with Crippen LogP contribution in [-0.4, -0.2) is 21.4 Å². The average molecular weight is 339 g/mol. The minimum atomic E-state index is -0.0803. The van der Waals surface area contributed by atoms with Crippen molar-refractivity contribution in [3.05, 3.63) is 76.2 Å². The second-order valence-electron chi connectivity index (χ2n) is 5.04. The van der Waals surface area contributed by atoms with Crippen LogP contribution in [0.4, 0.5) is 0 Å². The van der Waals surface area contributed by atoms with Gasteiger partial charge in [-0.2, -0.15) is 0 Å². The molecule has 2 aromatic carbocycles. The third-order valence-corrected chi connectivity index (χ3v) is 4.81. The van der Waals surface area contributed by atoms with Crippen LogP contribution in [0.3, 0.4) is 0 Å². The Hall–Kier alpha value is -2.24. The van der Waals surface area contributed by atoms with E-state index in [1.807, 2.05) is 42.5 Å². The van der Waals surface area contributed by atoms with Crippen LogP contribution < -0.4 is 0 Å². The Morgan fingerprint density at radius 2 is 1.65 bits per heavy atom. The molecule has 1 saturated heterocycles. The molecule has 0 aromatic heterocycles. The molecule has 5 heteroatoms. The molecule has 23 heavy (non-hydrogen) atoms. The Kier molecular flexibility index (Phi) is 4.69. The summed E-state index contributed by atoms with van der Waals surface area (Å²) in [5.74, 6) is -0.0803. The largest absolute Gasteiger partial charge is 0.298 e. The summed E-state index contributed by atoms with van der Waals surface area (Å²) in [5, 5.41) is 0. The van der Waals surface area contributed by atoms with Gasteiger partial charge >= 0.3 is 0 Å². The fourth-order valence-corrected chi connectivity index (χ4v) is 3.48. The maximum absolute atomic E-state index is 12.5. The molecule has 0 radical (unpaired) electrons. The number of thiocarbonyl (C=S) groups is 1. The molecule has 1 aliphatic heterocycles. The van der Waals surface area contributed by atoms with E-state index in [-0.39, 0.29) is 5.91 Å². The number of hydrogen-bond donors (Lipinski definition) is 0. The molecule has 2 aromatic rings. The summed E-state index contributed by atoms with van der Waals surface area (Å²) in [7, 11) is 0. The topological polar surface area (TPSA) is 37.4 Å². The predicted octanol–water partition coefficient (Wildman–Crippen LogP) is 3.90. The number of carbonyl (C=O) groups is 2. The summed E-state index contributed by atoms with van der Waals surface area (Å²) in [5.41, 5.74) is 2.52. The van der Waals surface area contributed by atoms with E-state index in [9.17, 15) is 9.59 Å². The smallest absolute Gasteiger partial charge is 0.266 e. The molecule has 114 valence electrons. The molecule has 1 fully saturated rings. The zero-order chi connectivity index (χ0) is 16.2.